The predicted octanol–water partition coefficient (Wildman–Crippen LogP) is 6.53. The number of anilines is 1. The maximum atomic E-state index is 12.4. The second-order valence-corrected chi connectivity index (χ2v) is 6.26. The number of rotatable bonds is 8. The SMILES string of the molecule is CCCCOc1ccc(C(=O)Nc2ccc(N=Nc3ccccc3)cc2)cc1. The van der Waals surface area contributed by atoms with Crippen molar-refractivity contribution in [2.45, 2.75) is 19.8 Å². The van der Waals surface area contributed by atoms with Crippen molar-refractivity contribution in [2.75, 3.05) is 11.9 Å². The lowest BCUT2D eigenvalue weighted by atomic mass is 10.2. The predicted molar refractivity (Wildman–Crippen MR) is 112 cm³/mol. The fourth-order valence-corrected chi connectivity index (χ4v) is 2.46. The fourth-order valence-electron chi connectivity index (χ4n) is 2.46. The van der Waals surface area contributed by atoms with E-state index >= 15 is 0 Å². The van der Waals surface area contributed by atoms with E-state index < -0.39 is 0 Å². The summed E-state index contributed by atoms with van der Waals surface area (Å²) in [6.07, 6.45) is 2.11. The van der Waals surface area contributed by atoms with Gasteiger partial charge >= 0.3 is 0 Å². The van der Waals surface area contributed by atoms with Crippen LogP contribution in [0.1, 0.15) is 30.1 Å². The van der Waals surface area contributed by atoms with Crippen molar-refractivity contribution in [2.24, 2.45) is 10.2 Å². The van der Waals surface area contributed by atoms with E-state index in [1.807, 2.05) is 54.6 Å². The van der Waals surface area contributed by atoms with Gasteiger partial charge in [-0.1, -0.05) is 31.5 Å². The van der Waals surface area contributed by atoms with Gasteiger partial charge in [0.1, 0.15) is 5.75 Å². The number of nitrogens with one attached hydrogen (secondary N) is 1. The third kappa shape index (κ3) is 5.77. The van der Waals surface area contributed by atoms with E-state index in [1.165, 1.54) is 0 Å². The first-order chi connectivity index (χ1) is 13.7. The van der Waals surface area contributed by atoms with Gasteiger partial charge in [0.15, 0.2) is 0 Å². The largest absolute Gasteiger partial charge is 0.494 e. The van der Waals surface area contributed by atoms with Crippen LogP contribution in [0.25, 0.3) is 0 Å². The second kappa shape index (κ2) is 10.0. The summed E-state index contributed by atoms with van der Waals surface area (Å²) in [4.78, 5) is 12.4. The van der Waals surface area contributed by atoms with Crippen LogP contribution >= 0.6 is 0 Å². The molecule has 0 atom stereocenters. The molecule has 0 bridgehead atoms. The number of carbonyl (C=O) groups excluding carboxylic acids is 1. The van der Waals surface area contributed by atoms with Crippen molar-refractivity contribution in [1.82, 2.24) is 0 Å². The second-order valence-electron chi connectivity index (χ2n) is 6.26. The van der Waals surface area contributed by atoms with Crippen molar-refractivity contribution in [3.05, 3.63) is 84.4 Å². The van der Waals surface area contributed by atoms with Gasteiger partial charge in [0.05, 0.1) is 18.0 Å². The zero-order valence-corrected chi connectivity index (χ0v) is 15.8. The van der Waals surface area contributed by atoms with E-state index in [1.54, 1.807) is 24.3 Å². The van der Waals surface area contributed by atoms with Crippen LogP contribution in [0.15, 0.2) is 89.1 Å². The van der Waals surface area contributed by atoms with E-state index in [0.29, 0.717) is 17.9 Å². The van der Waals surface area contributed by atoms with Crippen LogP contribution < -0.4 is 10.1 Å². The van der Waals surface area contributed by atoms with Gasteiger partial charge in [0.25, 0.3) is 5.91 Å². The molecular formula is C23H23N3O2. The molecule has 0 aliphatic heterocycles. The summed E-state index contributed by atoms with van der Waals surface area (Å²) in [5.74, 6) is 0.608. The van der Waals surface area contributed by atoms with Crippen LogP contribution in [-0.2, 0) is 0 Å². The molecule has 0 aromatic heterocycles. The molecule has 1 N–H and O–H groups in total. The highest BCUT2D eigenvalue weighted by Crippen LogP contribution is 2.21. The monoisotopic (exact) mass is 373 g/mol. The molecule has 142 valence electrons. The first kappa shape index (κ1) is 19.3. The number of amides is 1. The standard InChI is InChI=1S/C23H23N3O2/c1-2-3-17-28-22-15-9-18(10-16-22)23(27)24-19-11-13-21(14-12-19)26-25-20-7-5-4-6-8-20/h4-16H,2-3,17H2,1H3,(H,24,27). The summed E-state index contributed by atoms with van der Waals surface area (Å²) in [5.41, 5.74) is 2.79. The minimum absolute atomic E-state index is 0.168. The number of nitrogens with zero attached hydrogens (tertiary/aromatic N) is 2. The number of carbonyl (C=O) groups is 1. The van der Waals surface area contributed by atoms with Crippen molar-refractivity contribution >= 4 is 23.0 Å². The van der Waals surface area contributed by atoms with Crippen LogP contribution in [0.4, 0.5) is 17.1 Å². The fraction of sp³-hybridized carbons (Fsp3) is 0.174. The Labute approximate surface area is 165 Å². The van der Waals surface area contributed by atoms with E-state index in [0.717, 1.165) is 30.0 Å². The molecule has 1 amide bonds. The maximum Gasteiger partial charge on any atom is 0.255 e. The molecule has 5 heteroatoms. The summed E-state index contributed by atoms with van der Waals surface area (Å²) in [6.45, 7) is 2.81. The summed E-state index contributed by atoms with van der Waals surface area (Å²) in [5, 5.41) is 11.2. The number of ether oxygens (including phenoxy) is 1. The highest BCUT2D eigenvalue weighted by Gasteiger charge is 2.06. The van der Waals surface area contributed by atoms with E-state index in [-0.39, 0.29) is 5.91 Å². The molecule has 0 heterocycles. The average Bonchev–Trinajstić information content (AvgIpc) is 2.75. The zero-order chi connectivity index (χ0) is 19.6. The average molecular weight is 373 g/mol. The van der Waals surface area contributed by atoms with E-state index in [2.05, 4.69) is 22.5 Å². The number of benzene rings is 3. The van der Waals surface area contributed by atoms with Crippen LogP contribution in [-0.4, -0.2) is 12.5 Å². The Kier molecular flexibility index (Phi) is 6.90. The molecule has 0 saturated carbocycles. The van der Waals surface area contributed by atoms with Crippen LogP contribution in [0.5, 0.6) is 5.75 Å². The first-order valence-corrected chi connectivity index (χ1v) is 9.35. The Morgan fingerprint density at radius 2 is 1.50 bits per heavy atom. The molecule has 0 aliphatic carbocycles. The maximum absolute atomic E-state index is 12.4. The van der Waals surface area contributed by atoms with Gasteiger partial charge in [-0.15, -0.1) is 0 Å². The van der Waals surface area contributed by atoms with Crippen LogP contribution in [0.3, 0.4) is 0 Å². The van der Waals surface area contributed by atoms with Gasteiger partial charge in [-0.05, 0) is 67.1 Å². The lowest BCUT2D eigenvalue weighted by Gasteiger charge is -2.08. The van der Waals surface area contributed by atoms with Gasteiger partial charge in [-0.25, -0.2) is 0 Å². The Bertz CT molecular complexity index is 905. The number of hydrogen-bond donors (Lipinski definition) is 1. The topological polar surface area (TPSA) is 63.0 Å². The van der Waals surface area contributed by atoms with Crippen molar-refractivity contribution in [1.29, 1.82) is 0 Å². The van der Waals surface area contributed by atoms with Gasteiger partial charge < -0.3 is 10.1 Å². The Hall–Kier alpha value is -3.47. The third-order valence-electron chi connectivity index (χ3n) is 4.05. The molecule has 28 heavy (non-hydrogen) atoms. The molecule has 0 fully saturated rings. The zero-order valence-electron chi connectivity index (χ0n) is 15.8. The minimum Gasteiger partial charge on any atom is -0.494 e. The van der Waals surface area contributed by atoms with Gasteiger partial charge in [-0.2, -0.15) is 10.2 Å². The highest BCUT2D eigenvalue weighted by atomic mass is 16.5. The molecule has 3 rings (SSSR count). The summed E-state index contributed by atoms with van der Waals surface area (Å²) >= 11 is 0. The van der Waals surface area contributed by atoms with Crippen LogP contribution in [0.2, 0.25) is 0 Å². The Balaban J connectivity index is 1.56. The van der Waals surface area contributed by atoms with Crippen molar-refractivity contribution in [3.8, 4) is 5.75 Å². The molecule has 0 radical (unpaired) electrons. The molecular weight excluding hydrogens is 350 g/mol. The molecule has 0 spiro atoms. The molecule has 0 aliphatic rings. The Morgan fingerprint density at radius 1 is 0.857 bits per heavy atom. The van der Waals surface area contributed by atoms with Crippen molar-refractivity contribution < 1.29 is 9.53 Å². The summed E-state index contributed by atoms with van der Waals surface area (Å²) < 4.78 is 5.62. The van der Waals surface area contributed by atoms with Crippen LogP contribution in [0, 0.1) is 0 Å². The number of azo groups is 1. The van der Waals surface area contributed by atoms with Gasteiger partial charge in [0.2, 0.25) is 0 Å². The first-order valence-electron chi connectivity index (χ1n) is 9.35. The normalized spacial score (nSPS) is 10.8. The molecule has 3 aromatic rings. The minimum atomic E-state index is -0.168. The summed E-state index contributed by atoms with van der Waals surface area (Å²) in [7, 11) is 0. The van der Waals surface area contributed by atoms with E-state index in [9.17, 15) is 4.79 Å². The third-order valence-corrected chi connectivity index (χ3v) is 4.05. The lowest BCUT2D eigenvalue weighted by molar-refractivity contribution is 0.102. The van der Waals surface area contributed by atoms with Crippen molar-refractivity contribution in [3.63, 3.8) is 0 Å². The number of hydrogen-bond acceptors (Lipinski definition) is 4. The summed E-state index contributed by atoms with van der Waals surface area (Å²) in [6, 6.07) is 23.9. The lowest BCUT2D eigenvalue weighted by Crippen LogP contribution is -2.11. The van der Waals surface area contributed by atoms with Gasteiger partial charge in [-0.3, -0.25) is 4.79 Å². The highest BCUT2D eigenvalue weighted by molar-refractivity contribution is 6.04. The Morgan fingerprint density at radius 3 is 2.14 bits per heavy atom. The van der Waals surface area contributed by atoms with Gasteiger partial charge in [0, 0.05) is 11.3 Å². The molecule has 0 unspecified atom stereocenters. The molecule has 3 aromatic carbocycles. The smallest absolute Gasteiger partial charge is 0.255 e. The quantitative estimate of drug-likeness (QED) is 0.360. The molecule has 5 nitrogen and oxygen atoms in total. The van der Waals surface area contributed by atoms with E-state index in [4.69, 9.17) is 4.74 Å². The number of unbranched alkanes of at least 4 members (excludes halogenated alkanes) is 1. The molecule has 0 saturated heterocycles.